The number of carbonyl (C=O) groups excluding carboxylic acids is 1. The molecule has 3 saturated carbocycles. The first-order valence-electron chi connectivity index (χ1n) is 14.8. The highest BCUT2D eigenvalue weighted by atomic mass is 32.2. The van der Waals surface area contributed by atoms with E-state index in [1.165, 1.54) is 12.1 Å². The fourth-order valence-electron chi connectivity index (χ4n) is 8.96. The Kier molecular flexibility index (Phi) is 7.88. The quantitative estimate of drug-likeness (QED) is 0.267. The monoisotopic (exact) mass is 634 g/mol. The average Bonchev–Trinajstić information content (AvgIpc) is 3.22. The Morgan fingerprint density at radius 1 is 1.27 bits per heavy atom. The molecule has 0 spiro atoms. The summed E-state index contributed by atoms with van der Waals surface area (Å²) in [6, 6.07) is 2.52. The summed E-state index contributed by atoms with van der Waals surface area (Å²) < 4.78 is 46.7. The van der Waals surface area contributed by atoms with Crippen LogP contribution in [-0.4, -0.2) is 82.7 Å². The number of aliphatic hydroxyl groups excluding tert-OH is 2. The number of Topliss-reactive ketones (excluding diaryl/α,β-unsaturated/α-hetero) is 1. The van der Waals surface area contributed by atoms with Gasteiger partial charge in [-0.3, -0.25) is 4.79 Å². The van der Waals surface area contributed by atoms with Crippen LogP contribution in [-0.2, 0) is 19.6 Å². The minimum Gasteiger partial charge on any atom is -0.478 e. The molecule has 0 radical (unpaired) electrons. The largest absolute Gasteiger partial charge is 0.487 e. The molecular weight excluding hydrogens is 594 g/mol. The molecule has 1 unspecified atom stereocenters. The molecule has 240 valence electrons. The number of hydrazone groups is 1. The third-order valence-electron chi connectivity index (χ3n) is 11.6. The zero-order valence-electron chi connectivity index (χ0n) is 25.5. The predicted molar refractivity (Wildman–Crippen MR) is 160 cm³/mol. The summed E-state index contributed by atoms with van der Waals surface area (Å²) in [4.78, 5) is 26.9. The van der Waals surface area contributed by atoms with E-state index in [2.05, 4.69) is 11.7 Å². The van der Waals surface area contributed by atoms with Crippen LogP contribution in [0, 0.1) is 45.7 Å². The molecule has 1 aromatic rings. The second kappa shape index (κ2) is 10.6. The van der Waals surface area contributed by atoms with E-state index in [4.69, 9.17) is 4.74 Å². The summed E-state index contributed by atoms with van der Waals surface area (Å²) in [7, 11) is -6.10. The Balaban J connectivity index is 1.67. The number of aliphatic hydroxyl groups is 2. The summed E-state index contributed by atoms with van der Waals surface area (Å²) in [5, 5.41) is 47.8. The Bertz CT molecular complexity index is 1540. The van der Waals surface area contributed by atoms with E-state index in [1.807, 2.05) is 20.8 Å². The van der Waals surface area contributed by atoms with Gasteiger partial charge in [0.25, 0.3) is 0 Å². The molecule has 1 aliphatic heterocycles. The maximum Gasteiger partial charge on any atom is 0.487 e. The number of ether oxygens (including phenoxy) is 1. The van der Waals surface area contributed by atoms with Crippen molar-refractivity contribution in [1.82, 2.24) is 4.33 Å². The summed E-state index contributed by atoms with van der Waals surface area (Å²) >= 11 is 0. The van der Waals surface area contributed by atoms with Gasteiger partial charge in [-0.05, 0) is 66.0 Å². The fraction of sp³-hybridized carbons (Fsp3) is 0.633. The van der Waals surface area contributed by atoms with Crippen LogP contribution < -0.4 is 10.2 Å². The van der Waals surface area contributed by atoms with Crippen molar-refractivity contribution in [3.8, 4) is 5.75 Å². The molecule has 1 heterocycles. The first-order valence-corrected chi connectivity index (χ1v) is 16.7. The lowest BCUT2D eigenvalue weighted by molar-refractivity contribution is -0.193. The number of carbonyl (C=O) groups is 2. The average molecular weight is 635 g/mol. The van der Waals surface area contributed by atoms with Gasteiger partial charge in [0.05, 0.1) is 18.6 Å². The van der Waals surface area contributed by atoms with Crippen LogP contribution >= 0.6 is 0 Å². The Hall–Kier alpha value is -2.81. The number of fused-ring (bicyclic) bond motifs is 1. The van der Waals surface area contributed by atoms with Gasteiger partial charge in [0.2, 0.25) is 10.0 Å². The minimum absolute atomic E-state index is 0.0272. The molecule has 11 nitrogen and oxygen atoms in total. The number of ketones is 1. The molecule has 0 saturated heterocycles. The molecule has 44 heavy (non-hydrogen) atoms. The van der Waals surface area contributed by atoms with Crippen LogP contribution in [0.5, 0.6) is 5.75 Å². The van der Waals surface area contributed by atoms with Crippen molar-refractivity contribution >= 4 is 40.5 Å². The summed E-state index contributed by atoms with van der Waals surface area (Å²) in [5.41, 5.74) is -3.27. The standard InChI is InChI=1S/C30H40BFN2O9S/c1-7-28(4)12-18(29(5)15(2)10-11-30(16(3)26(28)37)13-19(35)23(36)25(29)30)24(27(38)39)43-20-9-8-17-14-33-34(44(6,41)42)31(40)21(17)22(20)32/h7-9,14-16,18-19,24-26,35,37,40H,1,10-13H2,2-6H3,(H,38,39)/t15-,16+,18+,19+,24?,25+,26+,28-,29-,30+/m1/s1. The highest BCUT2D eigenvalue weighted by molar-refractivity contribution is 7.89. The Morgan fingerprint density at radius 2 is 1.93 bits per heavy atom. The summed E-state index contributed by atoms with van der Waals surface area (Å²) in [6.07, 6.45) is 0.749. The molecule has 14 heteroatoms. The molecule has 5 rings (SSSR count). The van der Waals surface area contributed by atoms with Crippen LogP contribution in [0.15, 0.2) is 29.9 Å². The third-order valence-corrected chi connectivity index (χ3v) is 12.6. The minimum atomic E-state index is -4.08. The van der Waals surface area contributed by atoms with Crippen molar-refractivity contribution < 1.29 is 47.5 Å². The molecule has 0 aromatic heterocycles. The lowest BCUT2D eigenvalue weighted by atomic mass is 9.41. The van der Waals surface area contributed by atoms with Crippen molar-refractivity contribution in [2.24, 2.45) is 45.0 Å². The van der Waals surface area contributed by atoms with Gasteiger partial charge >= 0.3 is 13.0 Å². The Morgan fingerprint density at radius 3 is 2.52 bits per heavy atom. The van der Waals surface area contributed by atoms with Gasteiger partial charge in [0, 0.05) is 22.7 Å². The molecule has 1 aromatic carbocycles. The van der Waals surface area contributed by atoms with Crippen molar-refractivity contribution in [2.45, 2.75) is 71.7 Å². The molecule has 10 atom stereocenters. The van der Waals surface area contributed by atoms with Crippen molar-refractivity contribution in [1.29, 1.82) is 0 Å². The zero-order valence-corrected chi connectivity index (χ0v) is 26.3. The maximum absolute atomic E-state index is 16.1. The van der Waals surface area contributed by atoms with E-state index in [-0.39, 0.29) is 24.3 Å². The topological polar surface area (TPSA) is 174 Å². The van der Waals surface area contributed by atoms with Crippen LogP contribution in [0.4, 0.5) is 4.39 Å². The normalized spacial score (nSPS) is 39.2. The van der Waals surface area contributed by atoms with Crippen molar-refractivity contribution in [2.75, 3.05) is 6.26 Å². The van der Waals surface area contributed by atoms with Crippen LogP contribution in [0.3, 0.4) is 0 Å². The number of benzene rings is 1. The molecule has 4 N–H and O–H groups in total. The molecule has 4 aliphatic rings. The molecule has 0 amide bonds. The van der Waals surface area contributed by atoms with Crippen molar-refractivity contribution in [3.63, 3.8) is 0 Å². The maximum atomic E-state index is 16.1. The third kappa shape index (κ3) is 4.54. The second-order valence-electron chi connectivity index (χ2n) is 13.8. The van der Waals surface area contributed by atoms with Gasteiger partial charge in [0.1, 0.15) is 6.10 Å². The van der Waals surface area contributed by atoms with Gasteiger partial charge in [0.15, 0.2) is 23.5 Å². The van der Waals surface area contributed by atoms with Gasteiger partial charge in [-0.1, -0.05) is 33.8 Å². The lowest BCUT2D eigenvalue weighted by Gasteiger charge is -2.62. The first kappa shape index (κ1) is 32.6. The Labute approximate surface area is 257 Å². The molecule has 3 aliphatic carbocycles. The number of carboxylic acid groups (broad SMARTS) is 1. The van der Waals surface area contributed by atoms with E-state index in [1.54, 1.807) is 13.0 Å². The number of nitrogens with zero attached hydrogens (tertiary/aromatic N) is 2. The van der Waals surface area contributed by atoms with E-state index in [0.717, 1.165) is 12.5 Å². The van der Waals surface area contributed by atoms with Gasteiger partial charge in [-0.15, -0.1) is 6.58 Å². The fourth-order valence-corrected chi connectivity index (χ4v) is 9.64. The van der Waals surface area contributed by atoms with Crippen LogP contribution in [0.2, 0.25) is 0 Å². The van der Waals surface area contributed by atoms with E-state index in [9.17, 15) is 38.4 Å². The van der Waals surface area contributed by atoms with E-state index < -0.39 is 98.2 Å². The predicted octanol–water partition coefficient (Wildman–Crippen LogP) is 1.54. The number of aliphatic carboxylic acids is 1. The smallest absolute Gasteiger partial charge is 0.478 e. The molecule has 2 bridgehead atoms. The SMILES string of the molecule is C=C[C@]1(C)C[C@@H](C(Oc2ccc3c(c2F)B(O)N(S(C)(=O)=O)N=C3)C(=O)O)[C@@]2(C)[C@H](C)CC[C@]3(C[C@H](O)C(=O)[C@H]32)[C@@H](C)[C@@H]1O. The van der Waals surface area contributed by atoms with Crippen LogP contribution in [0.25, 0.3) is 0 Å². The summed E-state index contributed by atoms with van der Waals surface area (Å²) in [6.45, 7) is 11.4. The number of hydrogen-bond donors (Lipinski definition) is 4. The first-order chi connectivity index (χ1) is 20.3. The summed E-state index contributed by atoms with van der Waals surface area (Å²) in [5.74, 6) is -5.92. The molecular formula is C30H40BFN2O9S. The highest BCUT2D eigenvalue weighted by Crippen LogP contribution is 2.69. The number of hydrogen-bond acceptors (Lipinski definition) is 9. The van der Waals surface area contributed by atoms with Crippen LogP contribution in [0.1, 0.15) is 58.9 Å². The van der Waals surface area contributed by atoms with E-state index in [0.29, 0.717) is 17.2 Å². The number of rotatable bonds is 6. The van der Waals surface area contributed by atoms with E-state index >= 15 is 4.39 Å². The molecule has 3 fully saturated rings. The number of sulfonamides is 1. The second-order valence-corrected chi connectivity index (χ2v) is 15.6. The van der Waals surface area contributed by atoms with Gasteiger partial charge < -0.3 is 25.1 Å². The number of carboxylic acids is 1. The highest BCUT2D eigenvalue weighted by Gasteiger charge is 2.70. The van der Waals surface area contributed by atoms with Gasteiger partial charge in [-0.25, -0.2) is 21.9 Å². The number of halogens is 1. The van der Waals surface area contributed by atoms with Gasteiger partial charge in [-0.2, -0.15) is 5.10 Å². The van der Waals surface area contributed by atoms with Crippen molar-refractivity contribution in [3.05, 3.63) is 36.2 Å². The lowest BCUT2D eigenvalue weighted by Crippen LogP contribution is -2.63. The zero-order chi connectivity index (χ0) is 32.7.